The molecule has 0 saturated carbocycles. The van der Waals surface area contributed by atoms with Gasteiger partial charge in [0.2, 0.25) is 0 Å². The number of allylic oxidation sites excluding steroid dienone is 10. The van der Waals surface area contributed by atoms with Gasteiger partial charge in [0.25, 0.3) is 0 Å². The van der Waals surface area contributed by atoms with Crippen LogP contribution in [0.1, 0.15) is 271 Å². The van der Waals surface area contributed by atoms with Gasteiger partial charge < -0.3 is 14.2 Å². The summed E-state index contributed by atoms with van der Waals surface area (Å²) < 4.78 is 16.8. The van der Waals surface area contributed by atoms with Gasteiger partial charge in [0, 0.05) is 19.3 Å². The van der Waals surface area contributed by atoms with E-state index in [1.807, 2.05) is 0 Å². The van der Waals surface area contributed by atoms with E-state index < -0.39 is 6.10 Å². The first-order valence-electron chi connectivity index (χ1n) is 27.3. The second-order valence-corrected chi connectivity index (χ2v) is 18.1. The number of carbonyl (C=O) groups is 3. The number of hydrogen-bond acceptors (Lipinski definition) is 6. The molecule has 0 N–H and O–H groups in total. The molecule has 370 valence electrons. The maximum Gasteiger partial charge on any atom is 0.306 e. The smallest absolute Gasteiger partial charge is 0.306 e. The van der Waals surface area contributed by atoms with Crippen LogP contribution in [0.25, 0.3) is 0 Å². The highest BCUT2D eigenvalue weighted by Crippen LogP contribution is 2.15. The fraction of sp³-hybridized carbons (Fsp3) is 0.776. The van der Waals surface area contributed by atoms with Gasteiger partial charge in [-0.1, -0.05) is 210 Å². The number of carbonyl (C=O) groups excluding carboxylic acids is 3. The molecule has 0 rings (SSSR count). The Morgan fingerprint density at radius 2 is 0.609 bits per heavy atom. The van der Waals surface area contributed by atoms with Crippen LogP contribution in [0, 0.1) is 0 Å². The first kappa shape index (κ1) is 61.1. The Hall–Kier alpha value is -2.89. The topological polar surface area (TPSA) is 78.9 Å². The lowest BCUT2D eigenvalue weighted by Gasteiger charge is -2.18. The molecule has 0 aromatic heterocycles. The normalized spacial score (nSPS) is 12.5. The standard InChI is InChI=1S/C58H102O6/c1-4-7-10-13-16-19-22-25-27-28-29-30-32-33-36-39-42-45-48-51-57(60)63-54-55(53-62-56(59)50-47-44-41-38-35-24-21-18-15-12-9-6-3)64-58(61)52-49-46-43-40-37-34-31-26-23-20-17-14-11-8-5-2/h8,11,17-18,20-21,26,28-29,31,55H,4-7,9-10,12-16,19,22-25,27,30,32-54H2,1-3H3/b11-8-,20-17-,21-18-,29-28-,31-26-/t55-/m1/s1. The maximum absolute atomic E-state index is 12.8. The number of ether oxygens (including phenoxy) is 3. The molecule has 0 aliphatic carbocycles. The van der Waals surface area contributed by atoms with Gasteiger partial charge in [-0.2, -0.15) is 0 Å². The lowest BCUT2D eigenvalue weighted by atomic mass is 10.1. The monoisotopic (exact) mass is 895 g/mol. The summed E-state index contributed by atoms with van der Waals surface area (Å²) >= 11 is 0. The first-order valence-corrected chi connectivity index (χ1v) is 27.3. The third-order valence-electron chi connectivity index (χ3n) is 11.7. The van der Waals surface area contributed by atoms with Crippen LogP contribution in [0.4, 0.5) is 0 Å². The Morgan fingerprint density at radius 1 is 0.328 bits per heavy atom. The van der Waals surface area contributed by atoms with Crippen LogP contribution in [0.2, 0.25) is 0 Å². The van der Waals surface area contributed by atoms with Gasteiger partial charge in [-0.3, -0.25) is 14.4 Å². The van der Waals surface area contributed by atoms with E-state index in [4.69, 9.17) is 14.2 Å². The summed E-state index contributed by atoms with van der Waals surface area (Å²) in [4.78, 5) is 38.0. The molecule has 0 aliphatic rings. The van der Waals surface area contributed by atoms with Crippen LogP contribution >= 0.6 is 0 Å². The van der Waals surface area contributed by atoms with E-state index in [1.54, 1.807) is 0 Å². The molecule has 6 heteroatoms. The summed E-state index contributed by atoms with van der Waals surface area (Å²) in [5, 5.41) is 0. The Morgan fingerprint density at radius 3 is 1.00 bits per heavy atom. The highest BCUT2D eigenvalue weighted by molar-refractivity contribution is 5.71. The molecule has 0 saturated heterocycles. The van der Waals surface area contributed by atoms with Crippen LogP contribution in [-0.4, -0.2) is 37.2 Å². The molecule has 0 fully saturated rings. The molecular formula is C58H102O6. The van der Waals surface area contributed by atoms with E-state index in [0.717, 1.165) is 103 Å². The molecule has 0 aromatic carbocycles. The molecule has 0 bridgehead atoms. The largest absolute Gasteiger partial charge is 0.462 e. The van der Waals surface area contributed by atoms with E-state index in [2.05, 4.69) is 81.5 Å². The van der Waals surface area contributed by atoms with Crippen molar-refractivity contribution in [3.8, 4) is 0 Å². The van der Waals surface area contributed by atoms with Crippen molar-refractivity contribution in [2.75, 3.05) is 13.2 Å². The molecule has 0 spiro atoms. The van der Waals surface area contributed by atoms with Gasteiger partial charge in [0.15, 0.2) is 6.10 Å². The Labute approximate surface area is 396 Å². The average molecular weight is 895 g/mol. The third-order valence-corrected chi connectivity index (χ3v) is 11.7. The predicted octanol–water partition coefficient (Wildman–Crippen LogP) is 18.0. The molecule has 0 radical (unpaired) electrons. The van der Waals surface area contributed by atoms with Gasteiger partial charge in [0.05, 0.1) is 0 Å². The minimum Gasteiger partial charge on any atom is -0.462 e. The van der Waals surface area contributed by atoms with Crippen LogP contribution in [0.15, 0.2) is 60.8 Å². The van der Waals surface area contributed by atoms with Crippen molar-refractivity contribution >= 4 is 17.9 Å². The highest BCUT2D eigenvalue weighted by Gasteiger charge is 2.19. The zero-order valence-corrected chi connectivity index (χ0v) is 42.3. The third kappa shape index (κ3) is 50.1. The first-order chi connectivity index (χ1) is 31.5. The second-order valence-electron chi connectivity index (χ2n) is 18.1. The molecule has 0 amide bonds. The number of unbranched alkanes of at least 4 members (excludes halogenated alkanes) is 28. The van der Waals surface area contributed by atoms with Crippen molar-refractivity contribution in [1.29, 1.82) is 0 Å². The predicted molar refractivity (Wildman–Crippen MR) is 275 cm³/mol. The van der Waals surface area contributed by atoms with Crippen LogP contribution in [-0.2, 0) is 28.6 Å². The number of esters is 3. The lowest BCUT2D eigenvalue weighted by molar-refractivity contribution is -0.167. The summed E-state index contributed by atoms with van der Waals surface area (Å²) in [5.74, 6) is -0.910. The summed E-state index contributed by atoms with van der Waals surface area (Å²) in [6.07, 6.45) is 64.9. The fourth-order valence-corrected chi connectivity index (χ4v) is 7.62. The molecule has 64 heavy (non-hydrogen) atoms. The molecule has 6 nitrogen and oxygen atoms in total. The Bertz CT molecular complexity index is 1170. The SMILES string of the molecule is CC/C=C\C/C=C\C/C=C\CCCCCCCC(=O)O[C@H](COC(=O)CCCCCCC/C=C\CCCCC)COC(=O)CCCCCCCCC/C=C\CCCCCCCCCC. The van der Waals surface area contributed by atoms with Crippen molar-refractivity contribution in [1.82, 2.24) is 0 Å². The highest BCUT2D eigenvalue weighted by atomic mass is 16.6. The van der Waals surface area contributed by atoms with Crippen molar-refractivity contribution in [3.63, 3.8) is 0 Å². The van der Waals surface area contributed by atoms with Gasteiger partial charge in [-0.25, -0.2) is 0 Å². The summed E-state index contributed by atoms with van der Waals surface area (Å²) in [7, 11) is 0. The van der Waals surface area contributed by atoms with Crippen LogP contribution in [0.5, 0.6) is 0 Å². The van der Waals surface area contributed by atoms with Gasteiger partial charge >= 0.3 is 17.9 Å². The lowest BCUT2D eigenvalue weighted by Crippen LogP contribution is -2.30. The quantitative estimate of drug-likeness (QED) is 0.0262. The minimum absolute atomic E-state index is 0.0856. The summed E-state index contributed by atoms with van der Waals surface area (Å²) in [6, 6.07) is 0. The van der Waals surface area contributed by atoms with Gasteiger partial charge in [-0.05, 0) is 103 Å². The van der Waals surface area contributed by atoms with Crippen molar-refractivity contribution in [3.05, 3.63) is 60.8 Å². The van der Waals surface area contributed by atoms with Gasteiger partial charge in [0.1, 0.15) is 13.2 Å². The van der Waals surface area contributed by atoms with E-state index in [9.17, 15) is 14.4 Å². The van der Waals surface area contributed by atoms with Crippen molar-refractivity contribution in [2.45, 2.75) is 277 Å². The molecule has 0 unspecified atom stereocenters. The zero-order chi connectivity index (χ0) is 46.5. The number of rotatable bonds is 49. The summed E-state index contributed by atoms with van der Waals surface area (Å²) in [5.41, 5.74) is 0. The second kappa shape index (κ2) is 52.7. The zero-order valence-electron chi connectivity index (χ0n) is 42.3. The molecular weight excluding hydrogens is 793 g/mol. The van der Waals surface area contributed by atoms with E-state index in [-0.39, 0.29) is 31.1 Å². The van der Waals surface area contributed by atoms with E-state index in [1.165, 1.54) is 128 Å². The molecule has 0 aromatic rings. The average Bonchev–Trinajstić information content (AvgIpc) is 3.29. The minimum atomic E-state index is -0.787. The van der Waals surface area contributed by atoms with E-state index >= 15 is 0 Å². The van der Waals surface area contributed by atoms with Crippen LogP contribution in [0.3, 0.4) is 0 Å². The Kier molecular flexibility index (Phi) is 50.4. The van der Waals surface area contributed by atoms with Crippen molar-refractivity contribution in [2.24, 2.45) is 0 Å². The Balaban J connectivity index is 4.37. The summed E-state index contributed by atoms with van der Waals surface area (Å²) in [6.45, 7) is 6.49. The molecule has 1 atom stereocenters. The van der Waals surface area contributed by atoms with E-state index in [0.29, 0.717) is 19.3 Å². The number of hydrogen-bond donors (Lipinski definition) is 0. The fourth-order valence-electron chi connectivity index (χ4n) is 7.62. The van der Waals surface area contributed by atoms with Gasteiger partial charge in [-0.15, -0.1) is 0 Å². The molecule has 0 aliphatic heterocycles. The van der Waals surface area contributed by atoms with Crippen LogP contribution < -0.4 is 0 Å². The molecule has 0 heterocycles. The maximum atomic E-state index is 12.8. The van der Waals surface area contributed by atoms with Crippen molar-refractivity contribution < 1.29 is 28.6 Å².